The van der Waals surface area contributed by atoms with Crippen molar-refractivity contribution in [3.63, 3.8) is 0 Å². The first-order valence-electron chi connectivity index (χ1n) is 16.6. The number of phosphoric ester groups is 3. The number of fused-ring (bicyclic) bond motifs is 1. The summed E-state index contributed by atoms with van der Waals surface area (Å²) in [6.45, 7) is 1.02. The van der Waals surface area contributed by atoms with Crippen LogP contribution in [-0.4, -0.2) is 120 Å². The summed E-state index contributed by atoms with van der Waals surface area (Å²) in [5.74, 6) is -0.498. The molecule has 0 saturated carbocycles. The van der Waals surface area contributed by atoms with Gasteiger partial charge in [-0.3, -0.25) is 32.9 Å². The molecule has 1 aliphatic heterocycles. The van der Waals surface area contributed by atoms with Crippen molar-refractivity contribution >= 4 is 98.6 Å². The highest BCUT2D eigenvalue weighted by molar-refractivity contribution is 8.15. The molecule has 1 fully saturated rings. The molecule has 1 saturated heterocycles. The zero-order valence-electron chi connectivity index (χ0n) is 30.7. The minimum Gasteiger partial charge on any atom is -0.790 e. The number of anilines is 1. The minimum atomic E-state index is -5.95. The average Bonchev–Trinajstić information content (AvgIpc) is 3.66. The van der Waals surface area contributed by atoms with Gasteiger partial charge in [0.15, 0.2) is 27.4 Å². The summed E-state index contributed by atoms with van der Waals surface area (Å²) in [6, 6.07) is 0. The Balaban J connectivity index is 1.49. The Kier molecular flexibility index (Phi) is 18.3. The van der Waals surface area contributed by atoms with Crippen molar-refractivity contribution in [3.05, 3.63) is 12.7 Å². The van der Waals surface area contributed by atoms with Gasteiger partial charge in [-0.25, -0.2) is 19.3 Å². The van der Waals surface area contributed by atoms with Crippen molar-refractivity contribution in [1.82, 2.24) is 30.2 Å². The van der Waals surface area contributed by atoms with Gasteiger partial charge < -0.3 is 69.0 Å². The van der Waals surface area contributed by atoms with Crippen molar-refractivity contribution in [2.45, 2.75) is 63.8 Å². The number of nitrogen functional groups attached to an aromatic ring is 1. The monoisotopic (exact) mass is 939 g/mol. The Bertz CT molecular complexity index is 1940. The van der Waals surface area contributed by atoms with Gasteiger partial charge in [0.2, 0.25) is 11.8 Å². The van der Waals surface area contributed by atoms with E-state index >= 15 is 0 Å². The number of nitrogens with two attached hydrogens (primary N) is 1. The van der Waals surface area contributed by atoms with E-state index in [0.29, 0.717) is 11.5 Å². The molecule has 1 aliphatic rings. The second-order valence-electron chi connectivity index (χ2n) is 12.9. The van der Waals surface area contributed by atoms with Crippen molar-refractivity contribution in [1.29, 1.82) is 0 Å². The molecule has 0 spiro atoms. The Morgan fingerprint density at radius 1 is 1.05 bits per heavy atom. The second kappa shape index (κ2) is 21.1. The highest BCUT2D eigenvalue weighted by Crippen LogP contribution is 2.56. The van der Waals surface area contributed by atoms with Crippen LogP contribution in [0.2, 0.25) is 0 Å². The van der Waals surface area contributed by atoms with Gasteiger partial charge in [-0.15, -0.1) is 0 Å². The highest BCUT2D eigenvalue weighted by atomic mass is 32.2. The van der Waals surface area contributed by atoms with Crippen molar-refractivity contribution in [2.24, 2.45) is 5.41 Å². The van der Waals surface area contributed by atoms with Crippen molar-refractivity contribution < 1.29 is 85.3 Å². The van der Waals surface area contributed by atoms with Crippen LogP contribution in [0.3, 0.4) is 0 Å². The lowest BCUT2D eigenvalue weighted by atomic mass is 9.87. The molecule has 3 rings (SSSR count). The average molecular weight is 940 g/mol. The number of hydrogen-bond donors (Lipinski definition) is 6. The van der Waals surface area contributed by atoms with E-state index in [1.165, 1.54) is 20.8 Å². The van der Waals surface area contributed by atoms with Gasteiger partial charge in [-0.1, -0.05) is 37.4 Å². The van der Waals surface area contributed by atoms with E-state index in [0.717, 1.165) is 40.7 Å². The number of nitrogens with one attached hydrogen (secondary N) is 2. The van der Waals surface area contributed by atoms with Crippen LogP contribution in [0.15, 0.2) is 12.7 Å². The Labute approximate surface area is 344 Å². The molecular weight excluding hydrogens is 899 g/mol. The zero-order valence-corrected chi connectivity index (χ0v) is 35.9. The third kappa shape index (κ3) is 14.8. The molecule has 25 nitrogen and oxygen atoms in total. The summed E-state index contributed by atoms with van der Waals surface area (Å²) in [4.78, 5) is 108. The third-order valence-electron chi connectivity index (χ3n) is 7.87. The van der Waals surface area contributed by atoms with E-state index in [4.69, 9.17) is 10.5 Å². The summed E-state index contributed by atoms with van der Waals surface area (Å²) in [7, 11) is -17.7. The number of thioether (sulfide) groups is 2. The van der Waals surface area contributed by atoms with E-state index < -0.39 is 84.1 Å². The van der Waals surface area contributed by atoms with Crippen LogP contribution < -0.4 is 35.9 Å². The van der Waals surface area contributed by atoms with Gasteiger partial charge in [0.25, 0.3) is 15.6 Å². The molecule has 0 radical (unpaired) electrons. The predicted molar refractivity (Wildman–Crippen MR) is 199 cm³/mol. The van der Waals surface area contributed by atoms with Gasteiger partial charge in [0.1, 0.15) is 36.3 Å². The zero-order chi connectivity index (χ0) is 43.7. The number of amides is 2. The normalized spacial score (nSPS) is 22.6. The van der Waals surface area contributed by atoms with Crippen LogP contribution in [0, 0.1) is 5.41 Å². The lowest BCUT2D eigenvalue weighted by Gasteiger charge is -2.36. The summed E-state index contributed by atoms with van der Waals surface area (Å²) in [5.41, 5.74) is 1.97. The van der Waals surface area contributed by atoms with Gasteiger partial charge in [-0.05, 0) is 12.7 Å². The number of ether oxygens (including phenoxy) is 1. The predicted octanol–water partition coefficient (Wildman–Crippen LogP) is -3.11. The smallest absolute Gasteiger partial charge is 0.274 e. The fourth-order valence-corrected chi connectivity index (χ4v) is 9.27. The van der Waals surface area contributed by atoms with Gasteiger partial charge in [0.05, 0.1) is 33.8 Å². The van der Waals surface area contributed by atoms with Crippen LogP contribution in [0.1, 0.15) is 33.6 Å². The number of thiol groups is 1. The third-order valence-corrected chi connectivity index (χ3v) is 13.2. The van der Waals surface area contributed by atoms with Crippen molar-refractivity contribution in [2.75, 3.05) is 49.3 Å². The Morgan fingerprint density at radius 3 is 2.33 bits per heavy atom. The maximum atomic E-state index is 12.6. The first-order chi connectivity index (χ1) is 26.8. The first kappa shape index (κ1) is 50.3. The maximum Gasteiger partial charge on any atom is 0.274 e. The standard InChI is InChI=1S/C27H44N7O18P3S3/c1-26(2,22(39)25(40)30-5-4-16(35)29-6-8-57-17(36)10-18(37)58-9-7-56)12-49-55(46,47)52-54(44,45)48-11-15-20(51-53(41,42)43)21(38)27(3,50-15)34-14-33-19-23(28)31-13-32-24(19)34/h13-15,20-22,38-39,56H,4-12H2,1-3H3,(H,29,35)(H,30,40)(H,44,45)(H,46,47)(H2,28,31,32)(H2,41,42,43)/p-4. The van der Waals surface area contributed by atoms with Gasteiger partial charge in [0, 0.05) is 36.4 Å². The Morgan fingerprint density at radius 2 is 1.69 bits per heavy atom. The number of aromatic nitrogens is 4. The van der Waals surface area contributed by atoms with E-state index in [1.54, 1.807) is 0 Å². The van der Waals surface area contributed by atoms with E-state index in [9.17, 15) is 62.7 Å². The summed E-state index contributed by atoms with van der Waals surface area (Å²) < 4.78 is 61.0. The molecular formula is C27H40N7O18P3S3-4. The molecule has 2 aromatic rings. The number of aliphatic hydroxyl groups excluding tert-OH is 2. The number of nitrogens with zero attached hydrogens (tertiary/aromatic N) is 4. The number of hydrogen-bond acceptors (Lipinski definition) is 25. The summed E-state index contributed by atoms with van der Waals surface area (Å²) in [5, 5.41) is 25.7. The summed E-state index contributed by atoms with van der Waals surface area (Å²) >= 11 is 5.85. The lowest BCUT2D eigenvalue weighted by Crippen LogP contribution is -2.46. The molecule has 0 bridgehead atoms. The molecule has 7 unspecified atom stereocenters. The first-order valence-corrected chi connectivity index (χ1v) is 23.6. The van der Waals surface area contributed by atoms with Crippen LogP contribution in [0.4, 0.5) is 5.82 Å². The summed E-state index contributed by atoms with van der Waals surface area (Å²) in [6.07, 6.45) is -6.47. The molecule has 2 aromatic heterocycles. The number of carbonyl (C=O) groups is 4. The lowest BCUT2D eigenvalue weighted by molar-refractivity contribution is -0.347. The van der Waals surface area contributed by atoms with Crippen LogP contribution in [-0.2, 0) is 61.2 Å². The molecule has 2 amide bonds. The van der Waals surface area contributed by atoms with E-state index in [-0.39, 0.29) is 58.9 Å². The minimum absolute atomic E-state index is 0.0278. The quantitative estimate of drug-likeness (QED) is 0.0278. The fraction of sp³-hybridized carbons (Fsp3) is 0.667. The molecule has 58 heavy (non-hydrogen) atoms. The molecule has 3 heterocycles. The van der Waals surface area contributed by atoms with Crippen LogP contribution in [0.25, 0.3) is 11.2 Å². The number of imidazole rings is 1. The molecule has 328 valence electrons. The highest BCUT2D eigenvalue weighted by Gasteiger charge is 2.55. The molecule has 31 heteroatoms. The largest absolute Gasteiger partial charge is 0.790 e. The van der Waals surface area contributed by atoms with Gasteiger partial charge in [-0.2, -0.15) is 12.6 Å². The fourth-order valence-electron chi connectivity index (χ4n) is 4.96. The van der Waals surface area contributed by atoms with Crippen molar-refractivity contribution in [3.8, 4) is 0 Å². The van der Waals surface area contributed by atoms with E-state index in [1.807, 2.05) is 0 Å². The van der Waals surface area contributed by atoms with Crippen LogP contribution in [0.5, 0.6) is 0 Å². The number of phosphoric acid groups is 3. The van der Waals surface area contributed by atoms with Crippen LogP contribution >= 0.6 is 59.6 Å². The molecule has 0 aromatic carbocycles. The molecule has 6 N–H and O–H groups in total. The van der Waals surface area contributed by atoms with E-state index in [2.05, 4.69) is 56.1 Å². The SMILES string of the molecule is CC(C)(COP(=O)([O-])OP(=O)([O-])OCC1OC(C)(n2cnc3c(N)ncnc32)C(O)C1OP(=O)([O-])[O-])C(O)C(=O)NCCC(=O)NCCSC(=O)CC(=O)SCCS. The Hall–Kier alpha value is -2.07. The molecule has 7 atom stereocenters. The second-order valence-corrected chi connectivity index (χ2v) is 19.7. The number of carbonyl (C=O) groups excluding carboxylic acids is 4. The topological polar surface area (TPSA) is 392 Å². The number of aliphatic hydroxyl groups is 2. The maximum absolute atomic E-state index is 12.6. The van der Waals surface area contributed by atoms with Gasteiger partial charge >= 0.3 is 0 Å². The number of rotatable bonds is 23. The molecule has 0 aliphatic carbocycles.